The van der Waals surface area contributed by atoms with Gasteiger partial charge in [-0.3, -0.25) is 0 Å². The lowest BCUT2D eigenvalue weighted by Gasteiger charge is -2.31. The molecule has 0 amide bonds. The van der Waals surface area contributed by atoms with E-state index < -0.39 is 6.29 Å². The highest BCUT2D eigenvalue weighted by molar-refractivity contribution is 5.55. The average molecular weight is 382 g/mol. The molecule has 0 radical (unpaired) electrons. The maximum absolute atomic E-state index is 10.7. The standard InChI is InChI=1S/C25H35NO2/c1-17(2)22(16-25(3,4)5)18-10-12-19(13-11-18)28-24(27)21-14-15-26-23-9-7-6-8-20(21)23/h6-13,17,21-22,24,26-27H,14-16H2,1-5H3. The summed E-state index contributed by atoms with van der Waals surface area (Å²) in [5, 5.41) is 14.1. The van der Waals surface area contributed by atoms with Gasteiger partial charge in [-0.25, -0.2) is 0 Å². The fourth-order valence-corrected chi connectivity index (χ4v) is 4.21. The summed E-state index contributed by atoms with van der Waals surface area (Å²) >= 11 is 0. The Morgan fingerprint density at radius 2 is 1.75 bits per heavy atom. The van der Waals surface area contributed by atoms with Crippen LogP contribution in [0.2, 0.25) is 0 Å². The number of hydrogen-bond donors (Lipinski definition) is 2. The van der Waals surface area contributed by atoms with Crippen LogP contribution in [0.25, 0.3) is 0 Å². The Labute approximate surface area is 170 Å². The maximum Gasteiger partial charge on any atom is 0.204 e. The van der Waals surface area contributed by atoms with Crippen LogP contribution in [0.15, 0.2) is 48.5 Å². The van der Waals surface area contributed by atoms with E-state index >= 15 is 0 Å². The summed E-state index contributed by atoms with van der Waals surface area (Å²) < 4.78 is 5.93. The highest BCUT2D eigenvalue weighted by atomic mass is 16.6. The molecule has 1 aliphatic rings. The molecule has 1 heterocycles. The number of rotatable bonds is 6. The van der Waals surface area contributed by atoms with Crippen molar-refractivity contribution >= 4 is 5.69 Å². The van der Waals surface area contributed by atoms with Gasteiger partial charge in [-0.2, -0.15) is 0 Å². The molecule has 0 bridgehead atoms. The molecule has 1 aliphatic heterocycles. The van der Waals surface area contributed by atoms with E-state index in [4.69, 9.17) is 4.74 Å². The summed E-state index contributed by atoms with van der Waals surface area (Å²) in [6.45, 7) is 12.3. The van der Waals surface area contributed by atoms with Crippen molar-refractivity contribution in [2.24, 2.45) is 11.3 Å². The minimum atomic E-state index is -0.843. The van der Waals surface area contributed by atoms with Gasteiger partial charge in [-0.1, -0.05) is 65.0 Å². The molecular formula is C25H35NO2. The monoisotopic (exact) mass is 381 g/mol. The van der Waals surface area contributed by atoms with E-state index in [1.807, 2.05) is 24.3 Å². The lowest BCUT2D eigenvalue weighted by Crippen LogP contribution is -2.30. The lowest BCUT2D eigenvalue weighted by atomic mass is 9.76. The van der Waals surface area contributed by atoms with E-state index in [1.165, 1.54) is 5.56 Å². The molecule has 0 spiro atoms. The van der Waals surface area contributed by atoms with Gasteiger partial charge < -0.3 is 15.2 Å². The summed E-state index contributed by atoms with van der Waals surface area (Å²) in [7, 11) is 0. The number of ether oxygens (including phenoxy) is 1. The number of aliphatic hydroxyl groups excluding tert-OH is 1. The van der Waals surface area contributed by atoms with Crippen molar-refractivity contribution in [2.45, 2.75) is 65.6 Å². The summed E-state index contributed by atoms with van der Waals surface area (Å²) in [6, 6.07) is 16.5. The van der Waals surface area contributed by atoms with Gasteiger partial charge in [0.05, 0.1) is 5.92 Å². The second-order valence-electron chi connectivity index (χ2n) is 9.60. The Morgan fingerprint density at radius 3 is 2.39 bits per heavy atom. The molecule has 28 heavy (non-hydrogen) atoms. The topological polar surface area (TPSA) is 41.5 Å². The Bertz CT molecular complexity index is 761. The van der Waals surface area contributed by atoms with Crippen LogP contribution in [0.1, 0.15) is 70.4 Å². The molecule has 0 aromatic heterocycles. The molecule has 0 fully saturated rings. The summed E-state index contributed by atoms with van der Waals surface area (Å²) in [5.74, 6) is 1.82. The summed E-state index contributed by atoms with van der Waals surface area (Å²) in [4.78, 5) is 0. The van der Waals surface area contributed by atoms with E-state index in [-0.39, 0.29) is 5.92 Å². The van der Waals surface area contributed by atoms with Crippen LogP contribution in [-0.2, 0) is 0 Å². The molecule has 0 saturated heterocycles. The minimum Gasteiger partial charge on any atom is -0.464 e. The Hall–Kier alpha value is -2.00. The molecule has 0 aliphatic carbocycles. The van der Waals surface area contributed by atoms with Crippen molar-refractivity contribution in [2.75, 3.05) is 11.9 Å². The van der Waals surface area contributed by atoms with Gasteiger partial charge in [-0.15, -0.1) is 0 Å². The molecule has 3 unspecified atom stereocenters. The van der Waals surface area contributed by atoms with E-state index in [9.17, 15) is 5.11 Å². The van der Waals surface area contributed by atoms with Crippen molar-refractivity contribution in [1.29, 1.82) is 0 Å². The molecule has 3 rings (SSSR count). The van der Waals surface area contributed by atoms with Crippen LogP contribution in [0.4, 0.5) is 5.69 Å². The first-order chi connectivity index (χ1) is 13.2. The first-order valence-electron chi connectivity index (χ1n) is 10.5. The molecular weight excluding hydrogens is 346 g/mol. The quantitative estimate of drug-likeness (QED) is 0.589. The normalized spacial score (nSPS) is 18.9. The lowest BCUT2D eigenvalue weighted by molar-refractivity contribution is -0.0401. The number of fused-ring (bicyclic) bond motifs is 1. The molecule has 152 valence electrons. The fourth-order valence-electron chi connectivity index (χ4n) is 4.21. The molecule has 2 N–H and O–H groups in total. The zero-order valence-corrected chi connectivity index (χ0v) is 17.9. The maximum atomic E-state index is 10.7. The van der Waals surface area contributed by atoms with E-state index in [2.05, 4.69) is 64.2 Å². The van der Waals surface area contributed by atoms with Crippen LogP contribution in [0, 0.1) is 11.3 Å². The largest absolute Gasteiger partial charge is 0.464 e. The summed E-state index contributed by atoms with van der Waals surface area (Å²) in [5.41, 5.74) is 3.86. The second-order valence-corrected chi connectivity index (χ2v) is 9.60. The predicted octanol–water partition coefficient (Wildman–Crippen LogP) is 6.16. The highest BCUT2D eigenvalue weighted by Crippen LogP contribution is 2.38. The molecule has 2 aromatic rings. The van der Waals surface area contributed by atoms with Crippen LogP contribution in [0.5, 0.6) is 5.75 Å². The number of para-hydroxylation sites is 1. The molecule has 3 heteroatoms. The summed E-state index contributed by atoms with van der Waals surface area (Å²) in [6.07, 6.45) is 1.17. The number of benzene rings is 2. The number of anilines is 1. The second kappa shape index (κ2) is 8.57. The van der Waals surface area contributed by atoms with Crippen LogP contribution >= 0.6 is 0 Å². The Morgan fingerprint density at radius 1 is 1.07 bits per heavy atom. The number of nitrogens with one attached hydrogen (secondary N) is 1. The van der Waals surface area contributed by atoms with Crippen molar-refractivity contribution in [3.05, 3.63) is 59.7 Å². The fraction of sp³-hybridized carbons (Fsp3) is 0.520. The third kappa shape index (κ3) is 5.08. The van der Waals surface area contributed by atoms with Crippen LogP contribution in [0.3, 0.4) is 0 Å². The third-order valence-corrected chi connectivity index (χ3v) is 5.68. The average Bonchev–Trinajstić information content (AvgIpc) is 2.65. The highest BCUT2D eigenvalue weighted by Gasteiger charge is 2.28. The predicted molar refractivity (Wildman–Crippen MR) is 117 cm³/mol. The van der Waals surface area contributed by atoms with Crippen molar-refractivity contribution < 1.29 is 9.84 Å². The molecule has 2 aromatic carbocycles. The van der Waals surface area contributed by atoms with Gasteiger partial charge in [0.1, 0.15) is 5.75 Å². The van der Waals surface area contributed by atoms with Gasteiger partial charge >= 0.3 is 0 Å². The zero-order chi connectivity index (χ0) is 20.3. The Balaban J connectivity index is 1.70. The number of aliphatic hydroxyl groups is 1. The Kier molecular flexibility index (Phi) is 6.34. The smallest absolute Gasteiger partial charge is 0.204 e. The van der Waals surface area contributed by atoms with Gasteiger partial charge in [0.2, 0.25) is 6.29 Å². The van der Waals surface area contributed by atoms with E-state index in [0.29, 0.717) is 17.3 Å². The number of hydrogen-bond acceptors (Lipinski definition) is 3. The molecule has 3 atom stereocenters. The molecule has 3 nitrogen and oxygen atoms in total. The van der Waals surface area contributed by atoms with Gasteiger partial charge in [0.25, 0.3) is 0 Å². The van der Waals surface area contributed by atoms with Gasteiger partial charge in [0.15, 0.2) is 0 Å². The first-order valence-corrected chi connectivity index (χ1v) is 10.5. The van der Waals surface area contributed by atoms with E-state index in [0.717, 1.165) is 36.4 Å². The molecule has 0 saturated carbocycles. The SMILES string of the molecule is CC(C)C(CC(C)(C)C)c1ccc(OC(O)C2CCNc3ccccc32)cc1. The van der Waals surface area contributed by atoms with Crippen LogP contribution < -0.4 is 10.1 Å². The van der Waals surface area contributed by atoms with Crippen molar-refractivity contribution in [1.82, 2.24) is 0 Å². The van der Waals surface area contributed by atoms with Crippen molar-refractivity contribution in [3.8, 4) is 5.75 Å². The third-order valence-electron chi connectivity index (χ3n) is 5.68. The van der Waals surface area contributed by atoms with Gasteiger partial charge in [-0.05, 0) is 59.4 Å². The van der Waals surface area contributed by atoms with Crippen LogP contribution in [-0.4, -0.2) is 17.9 Å². The van der Waals surface area contributed by atoms with Gasteiger partial charge in [0, 0.05) is 12.2 Å². The van der Waals surface area contributed by atoms with Crippen molar-refractivity contribution in [3.63, 3.8) is 0 Å². The zero-order valence-electron chi connectivity index (χ0n) is 17.9. The first kappa shape index (κ1) is 20.7. The van der Waals surface area contributed by atoms with E-state index in [1.54, 1.807) is 0 Å². The minimum absolute atomic E-state index is 0.0126.